The molecule has 0 saturated carbocycles. The number of pyridine rings is 1. The first-order valence-corrected chi connectivity index (χ1v) is 12.0. The number of aliphatic hydroxyl groups is 1. The van der Waals surface area contributed by atoms with Crippen LogP contribution in [-0.4, -0.2) is 25.3 Å². The van der Waals surface area contributed by atoms with Gasteiger partial charge in [0, 0.05) is 11.4 Å². The molecule has 2 amide bonds. The fourth-order valence-corrected chi connectivity index (χ4v) is 5.99. The molecule has 29 heavy (non-hydrogen) atoms. The van der Waals surface area contributed by atoms with Crippen molar-refractivity contribution < 1.29 is 14.1 Å². The van der Waals surface area contributed by atoms with Crippen molar-refractivity contribution in [3.05, 3.63) is 33.7 Å². The van der Waals surface area contributed by atoms with E-state index in [0.29, 0.717) is 10.9 Å². The van der Waals surface area contributed by atoms with Gasteiger partial charge in [-0.15, -0.1) is 15.7 Å². The summed E-state index contributed by atoms with van der Waals surface area (Å²) in [6.07, 6.45) is 5.94. The van der Waals surface area contributed by atoms with Crippen LogP contribution in [0.5, 0.6) is 0 Å². The maximum atomic E-state index is 12.9. The summed E-state index contributed by atoms with van der Waals surface area (Å²) in [5.41, 5.74) is 3.80. The van der Waals surface area contributed by atoms with E-state index in [9.17, 15) is 14.1 Å². The molecule has 0 aromatic carbocycles. The molecule has 2 aromatic rings. The number of aryl methyl sites for hydroxylation is 1. The summed E-state index contributed by atoms with van der Waals surface area (Å²) < 4.78 is 16.8. The van der Waals surface area contributed by atoms with Gasteiger partial charge in [0.2, 0.25) is 0 Å². The van der Waals surface area contributed by atoms with Crippen LogP contribution in [0.3, 0.4) is 0 Å². The van der Waals surface area contributed by atoms with E-state index in [1.54, 1.807) is 13.8 Å². The van der Waals surface area contributed by atoms with E-state index >= 15 is 0 Å². The molecule has 156 valence electrons. The number of amides is 2. The standard InChI is InChI=1S/C19H25N5O3S2/c1-10-7-8-12-15(10)22-13-6-4-5-11(13)16(12)23-18(25)24-29(20,27)14-9-21-17(28-14)19(2,3)26/h9-10,26H,4-8H2,1-3H3,(H3,20,22,23,24,25,27)/t10-,29+/m1/s1. The summed E-state index contributed by atoms with van der Waals surface area (Å²) in [5, 5.41) is 19.1. The van der Waals surface area contributed by atoms with Crippen LogP contribution in [0.1, 0.15) is 67.1 Å². The Morgan fingerprint density at radius 3 is 2.83 bits per heavy atom. The molecule has 2 heterocycles. The second-order valence-corrected chi connectivity index (χ2v) is 11.3. The highest BCUT2D eigenvalue weighted by molar-refractivity contribution is 7.93. The van der Waals surface area contributed by atoms with Gasteiger partial charge in [0.15, 0.2) is 9.92 Å². The lowest BCUT2D eigenvalue weighted by molar-refractivity contribution is 0.0783. The smallest absolute Gasteiger partial charge is 0.354 e. The van der Waals surface area contributed by atoms with Crippen molar-refractivity contribution in [1.82, 2.24) is 9.97 Å². The Balaban J connectivity index is 1.66. The van der Waals surface area contributed by atoms with Crippen molar-refractivity contribution in [2.75, 3.05) is 5.32 Å². The summed E-state index contributed by atoms with van der Waals surface area (Å²) in [6, 6.07) is -0.738. The average Bonchev–Trinajstić information content (AvgIpc) is 3.33. The molecule has 0 bridgehead atoms. The molecule has 8 nitrogen and oxygen atoms in total. The van der Waals surface area contributed by atoms with E-state index in [1.807, 2.05) is 0 Å². The van der Waals surface area contributed by atoms with Crippen molar-refractivity contribution in [1.29, 1.82) is 0 Å². The number of carbonyl (C=O) groups is 1. The van der Waals surface area contributed by atoms with Gasteiger partial charge in [-0.25, -0.2) is 19.1 Å². The minimum absolute atomic E-state index is 0.156. The maximum Gasteiger partial charge on any atom is 0.354 e. The van der Waals surface area contributed by atoms with Crippen LogP contribution >= 0.6 is 11.3 Å². The minimum atomic E-state index is -3.47. The van der Waals surface area contributed by atoms with Gasteiger partial charge in [-0.1, -0.05) is 6.92 Å². The highest BCUT2D eigenvalue weighted by atomic mass is 32.2. The second kappa shape index (κ2) is 7.12. The molecule has 2 aliphatic carbocycles. The number of carbonyl (C=O) groups excluding carboxylic acids is 1. The fourth-order valence-electron chi connectivity index (χ4n) is 3.93. The van der Waals surface area contributed by atoms with E-state index in [1.165, 1.54) is 6.20 Å². The molecular formula is C19H25N5O3S2. The number of aromatic nitrogens is 2. The van der Waals surface area contributed by atoms with E-state index < -0.39 is 21.5 Å². The fraction of sp³-hybridized carbons (Fsp3) is 0.526. The summed E-state index contributed by atoms with van der Waals surface area (Å²) in [4.78, 5) is 21.6. The molecule has 0 spiro atoms. The molecule has 4 N–H and O–H groups in total. The lowest BCUT2D eigenvalue weighted by Gasteiger charge is -2.15. The molecule has 0 fully saturated rings. The van der Waals surface area contributed by atoms with Crippen molar-refractivity contribution >= 4 is 33.0 Å². The third-order valence-corrected chi connectivity index (χ3v) is 8.59. The molecule has 0 aliphatic heterocycles. The molecule has 2 aromatic heterocycles. The van der Waals surface area contributed by atoms with Crippen molar-refractivity contribution in [3.63, 3.8) is 0 Å². The Morgan fingerprint density at radius 2 is 2.14 bits per heavy atom. The first-order valence-electron chi connectivity index (χ1n) is 9.65. The number of nitrogens with zero attached hydrogens (tertiary/aromatic N) is 3. The van der Waals surface area contributed by atoms with Gasteiger partial charge in [0.1, 0.15) is 14.8 Å². The van der Waals surface area contributed by atoms with Crippen molar-refractivity contribution in [2.24, 2.45) is 9.50 Å². The summed E-state index contributed by atoms with van der Waals surface area (Å²) >= 11 is 0.990. The van der Waals surface area contributed by atoms with Gasteiger partial charge in [-0.3, -0.25) is 4.98 Å². The molecule has 0 radical (unpaired) electrons. The summed E-state index contributed by atoms with van der Waals surface area (Å²) in [7, 11) is -3.47. The average molecular weight is 436 g/mol. The van der Waals surface area contributed by atoms with Crippen LogP contribution < -0.4 is 10.5 Å². The van der Waals surface area contributed by atoms with Crippen LogP contribution in [0, 0.1) is 0 Å². The zero-order valence-corrected chi connectivity index (χ0v) is 18.3. The molecule has 0 saturated heterocycles. The Bertz CT molecular complexity index is 1110. The second-order valence-electron chi connectivity index (χ2n) is 8.20. The maximum absolute atomic E-state index is 12.9. The molecule has 10 heteroatoms. The number of hydrogen-bond acceptors (Lipinski definition) is 6. The van der Waals surface area contributed by atoms with E-state index in [4.69, 9.17) is 10.1 Å². The van der Waals surface area contributed by atoms with Crippen molar-refractivity contribution in [2.45, 2.75) is 68.6 Å². The van der Waals surface area contributed by atoms with Gasteiger partial charge >= 0.3 is 6.03 Å². The first kappa shape index (κ1) is 20.4. The lowest BCUT2D eigenvalue weighted by Crippen LogP contribution is -2.18. The van der Waals surface area contributed by atoms with Crippen LogP contribution in [0.15, 0.2) is 14.8 Å². The molecular weight excluding hydrogens is 410 g/mol. The van der Waals surface area contributed by atoms with Gasteiger partial charge < -0.3 is 10.4 Å². The number of thiazole rings is 1. The van der Waals surface area contributed by atoms with E-state index in [-0.39, 0.29) is 4.21 Å². The predicted molar refractivity (Wildman–Crippen MR) is 112 cm³/mol. The topological polar surface area (TPSA) is 131 Å². The molecule has 2 aliphatic rings. The Kier molecular flexibility index (Phi) is 5.01. The van der Waals surface area contributed by atoms with E-state index in [2.05, 4.69) is 21.6 Å². The highest BCUT2D eigenvalue weighted by Crippen LogP contribution is 2.41. The van der Waals surface area contributed by atoms with Crippen LogP contribution in [-0.2, 0) is 34.8 Å². The van der Waals surface area contributed by atoms with Gasteiger partial charge in [-0.2, -0.15) is 0 Å². The first-order chi connectivity index (χ1) is 13.6. The quantitative estimate of drug-likeness (QED) is 0.681. The Morgan fingerprint density at radius 1 is 1.38 bits per heavy atom. The molecule has 2 atom stereocenters. The normalized spacial score (nSPS) is 20.1. The number of nitrogens with two attached hydrogens (primary N) is 1. The van der Waals surface area contributed by atoms with Crippen molar-refractivity contribution in [3.8, 4) is 0 Å². The lowest BCUT2D eigenvalue weighted by atomic mass is 10.0. The number of rotatable bonds is 3. The zero-order chi connectivity index (χ0) is 21.0. The summed E-state index contributed by atoms with van der Waals surface area (Å²) in [6.45, 7) is 5.29. The highest BCUT2D eigenvalue weighted by Gasteiger charge is 2.30. The Labute approximate surface area is 174 Å². The molecule has 4 rings (SSSR count). The van der Waals surface area contributed by atoms with E-state index in [0.717, 1.165) is 71.6 Å². The SMILES string of the molecule is C[C@@H]1CCc2c1nc1c(c2NC(=O)N=[S@](N)(=O)c2cnc(C(C)(C)O)s2)CCC1. The monoisotopic (exact) mass is 435 g/mol. The number of urea groups is 1. The van der Waals surface area contributed by atoms with Crippen LogP contribution in [0.4, 0.5) is 10.5 Å². The van der Waals surface area contributed by atoms with Gasteiger partial charge in [-0.05, 0) is 63.0 Å². The molecule has 0 unspecified atom stereocenters. The van der Waals surface area contributed by atoms with Gasteiger partial charge in [0.05, 0.1) is 11.9 Å². The van der Waals surface area contributed by atoms with Gasteiger partial charge in [0.25, 0.3) is 0 Å². The van der Waals surface area contributed by atoms with Crippen LogP contribution in [0.2, 0.25) is 0 Å². The number of anilines is 1. The third-order valence-electron chi connectivity index (χ3n) is 5.40. The predicted octanol–water partition coefficient (Wildman–Crippen LogP) is 3.24. The number of hydrogen-bond donors (Lipinski definition) is 3. The zero-order valence-electron chi connectivity index (χ0n) is 16.7. The Hall–Kier alpha value is -1.88. The third kappa shape index (κ3) is 3.81. The van der Waals surface area contributed by atoms with Crippen LogP contribution in [0.25, 0.3) is 0 Å². The summed E-state index contributed by atoms with van der Waals surface area (Å²) in [5.74, 6) is 0.361. The number of fused-ring (bicyclic) bond motifs is 2. The largest absolute Gasteiger partial charge is 0.383 e. The number of nitrogens with one attached hydrogen (secondary N) is 1. The minimum Gasteiger partial charge on any atom is -0.383 e.